The molecule has 114 valence electrons. The number of benzene rings is 1. The van der Waals surface area contributed by atoms with Gasteiger partial charge in [-0.2, -0.15) is 0 Å². The number of nitrogens with zero attached hydrogens (tertiary/aromatic N) is 2. The Bertz CT molecular complexity index is 531. The summed E-state index contributed by atoms with van der Waals surface area (Å²) in [7, 11) is 0. The van der Waals surface area contributed by atoms with Crippen LogP contribution < -0.4 is 10.6 Å². The molecule has 3 N–H and O–H groups in total. The fourth-order valence-corrected chi connectivity index (χ4v) is 2.55. The molecule has 0 spiro atoms. The summed E-state index contributed by atoms with van der Waals surface area (Å²) >= 11 is 0. The number of oxime groups is 1. The third-order valence-corrected chi connectivity index (χ3v) is 4.09. The van der Waals surface area contributed by atoms with Crippen molar-refractivity contribution in [3.05, 3.63) is 29.3 Å². The Labute approximate surface area is 122 Å². The van der Waals surface area contributed by atoms with Crippen molar-refractivity contribution in [1.82, 2.24) is 0 Å². The molecule has 0 unspecified atom stereocenters. The van der Waals surface area contributed by atoms with Crippen molar-refractivity contribution in [3.8, 4) is 0 Å². The maximum absolute atomic E-state index is 14.3. The highest BCUT2D eigenvalue weighted by Crippen LogP contribution is 2.37. The van der Waals surface area contributed by atoms with E-state index in [1.54, 1.807) is 0 Å². The smallest absolute Gasteiger partial charge is 0.170 e. The lowest BCUT2D eigenvalue weighted by Crippen LogP contribution is -2.30. The van der Waals surface area contributed by atoms with Gasteiger partial charge in [0.15, 0.2) is 5.84 Å². The first-order valence-electron chi connectivity index (χ1n) is 7.30. The Balaban J connectivity index is 1.90. The number of rotatable bonds is 6. The predicted molar refractivity (Wildman–Crippen MR) is 76.5 cm³/mol. The zero-order valence-electron chi connectivity index (χ0n) is 11.7. The van der Waals surface area contributed by atoms with Crippen LogP contribution in [0.1, 0.15) is 31.2 Å². The third kappa shape index (κ3) is 3.25. The average molecular weight is 295 g/mol. The minimum atomic E-state index is -0.655. The molecule has 1 aromatic carbocycles. The highest BCUT2D eigenvalue weighted by Gasteiger charge is 2.31. The summed E-state index contributed by atoms with van der Waals surface area (Å²) in [5, 5.41) is 11.4. The van der Waals surface area contributed by atoms with Crippen LogP contribution in [0, 0.1) is 23.5 Å². The molecule has 0 aromatic heterocycles. The predicted octanol–water partition coefficient (Wildman–Crippen LogP) is 2.69. The van der Waals surface area contributed by atoms with E-state index >= 15 is 0 Å². The topological polar surface area (TPSA) is 61.9 Å². The van der Waals surface area contributed by atoms with E-state index in [2.05, 4.69) is 5.16 Å². The van der Waals surface area contributed by atoms with Crippen LogP contribution in [0.15, 0.2) is 17.3 Å². The SMILES string of the molecule is N/C(=N/O)c1cc(F)c(N(CC2CC2)CC2CC2)c(F)c1. The molecule has 1 aromatic rings. The molecule has 6 heteroatoms. The molecular weight excluding hydrogens is 276 g/mol. The van der Waals surface area contributed by atoms with Gasteiger partial charge >= 0.3 is 0 Å². The average Bonchev–Trinajstić information content (AvgIpc) is 3.32. The molecule has 4 nitrogen and oxygen atoms in total. The van der Waals surface area contributed by atoms with Crippen LogP contribution in [0.4, 0.5) is 14.5 Å². The first-order valence-corrected chi connectivity index (χ1v) is 7.30. The van der Waals surface area contributed by atoms with Gasteiger partial charge in [0.25, 0.3) is 0 Å². The van der Waals surface area contributed by atoms with Gasteiger partial charge in [-0.05, 0) is 49.7 Å². The molecule has 0 amide bonds. The molecule has 2 saturated carbocycles. The minimum Gasteiger partial charge on any atom is -0.409 e. The van der Waals surface area contributed by atoms with Crippen molar-refractivity contribution >= 4 is 11.5 Å². The van der Waals surface area contributed by atoms with Gasteiger partial charge in [0, 0.05) is 18.7 Å². The van der Waals surface area contributed by atoms with Gasteiger partial charge in [0.2, 0.25) is 0 Å². The number of halogens is 2. The van der Waals surface area contributed by atoms with Gasteiger partial charge in [0.05, 0.1) is 0 Å². The molecule has 0 atom stereocenters. The number of hydrogen-bond acceptors (Lipinski definition) is 3. The highest BCUT2D eigenvalue weighted by molar-refractivity contribution is 5.97. The van der Waals surface area contributed by atoms with Crippen LogP contribution in [-0.4, -0.2) is 24.1 Å². The van der Waals surface area contributed by atoms with E-state index in [9.17, 15) is 8.78 Å². The summed E-state index contributed by atoms with van der Waals surface area (Å²) in [6, 6.07) is 2.25. The van der Waals surface area contributed by atoms with Crippen molar-refractivity contribution in [2.24, 2.45) is 22.7 Å². The Morgan fingerprint density at radius 1 is 1.14 bits per heavy atom. The fraction of sp³-hybridized carbons (Fsp3) is 0.533. The van der Waals surface area contributed by atoms with Crippen molar-refractivity contribution in [3.63, 3.8) is 0 Å². The van der Waals surface area contributed by atoms with Gasteiger partial charge in [-0.3, -0.25) is 0 Å². The second-order valence-corrected chi connectivity index (χ2v) is 6.07. The second-order valence-electron chi connectivity index (χ2n) is 6.07. The first-order chi connectivity index (χ1) is 10.1. The van der Waals surface area contributed by atoms with Gasteiger partial charge < -0.3 is 15.8 Å². The van der Waals surface area contributed by atoms with E-state index < -0.39 is 11.6 Å². The maximum atomic E-state index is 14.3. The van der Waals surface area contributed by atoms with Crippen LogP contribution >= 0.6 is 0 Å². The molecular formula is C15H19F2N3O. The molecule has 0 bridgehead atoms. The van der Waals surface area contributed by atoms with E-state index in [1.165, 1.54) is 0 Å². The van der Waals surface area contributed by atoms with E-state index in [-0.39, 0.29) is 17.1 Å². The van der Waals surface area contributed by atoms with Crippen LogP contribution in [0.2, 0.25) is 0 Å². The minimum absolute atomic E-state index is 0.0169. The van der Waals surface area contributed by atoms with Gasteiger partial charge in [-0.15, -0.1) is 0 Å². The summed E-state index contributed by atoms with van der Waals surface area (Å²) in [5.74, 6) is -0.510. The zero-order valence-corrected chi connectivity index (χ0v) is 11.7. The summed E-state index contributed by atoms with van der Waals surface area (Å²) in [6.07, 6.45) is 4.53. The molecule has 0 heterocycles. The number of anilines is 1. The summed E-state index contributed by atoms with van der Waals surface area (Å²) in [5.41, 5.74) is 5.46. The normalized spacial score (nSPS) is 18.9. The lowest BCUT2D eigenvalue weighted by molar-refractivity contribution is 0.318. The van der Waals surface area contributed by atoms with Gasteiger partial charge in [-0.1, -0.05) is 5.16 Å². The van der Waals surface area contributed by atoms with E-state index in [1.807, 2.05) is 4.90 Å². The second kappa shape index (κ2) is 5.50. The Morgan fingerprint density at radius 3 is 2.00 bits per heavy atom. The van der Waals surface area contributed by atoms with Crippen LogP contribution in [-0.2, 0) is 0 Å². The Kier molecular flexibility index (Phi) is 3.69. The number of amidine groups is 1. The Morgan fingerprint density at radius 2 is 1.62 bits per heavy atom. The van der Waals surface area contributed by atoms with Crippen LogP contribution in [0.5, 0.6) is 0 Å². The Hall–Kier alpha value is -1.85. The van der Waals surface area contributed by atoms with Crippen LogP contribution in [0.25, 0.3) is 0 Å². The molecule has 3 rings (SSSR count). The van der Waals surface area contributed by atoms with Crippen LogP contribution in [0.3, 0.4) is 0 Å². The molecule has 2 aliphatic carbocycles. The monoisotopic (exact) mass is 295 g/mol. The largest absolute Gasteiger partial charge is 0.409 e. The van der Waals surface area contributed by atoms with Crippen molar-refractivity contribution in [1.29, 1.82) is 0 Å². The lowest BCUT2D eigenvalue weighted by atomic mass is 10.1. The lowest BCUT2D eigenvalue weighted by Gasteiger charge is -2.26. The van der Waals surface area contributed by atoms with Crippen molar-refractivity contribution < 1.29 is 14.0 Å². The summed E-state index contributed by atoms with van der Waals surface area (Å²) in [6.45, 7) is 1.40. The summed E-state index contributed by atoms with van der Waals surface area (Å²) in [4.78, 5) is 1.83. The fourth-order valence-electron chi connectivity index (χ4n) is 2.55. The third-order valence-electron chi connectivity index (χ3n) is 4.09. The molecule has 0 aliphatic heterocycles. The highest BCUT2D eigenvalue weighted by atomic mass is 19.1. The molecule has 0 saturated heterocycles. The molecule has 21 heavy (non-hydrogen) atoms. The van der Waals surface area contributed by atoms with E-state index in [4.69, 9.17) is 10.9 Å². The standard InChI is InChI=1S/C15H19F2N3O/c16-12-5-11(15(18)19-21)6-13(17)14(12)20(7-9-1-2-9)8-10-3-4-10/h5-6,9-10,21H,1-4,7-8H2,(H2,18,19). The summed E-state index contributed by atoms with van der Waals surface area (Å²) < 4.78 is 28.7. The molecule has 2 aliphatic rings. The maximum Gasteiger partial charge on any atom is 0.170 e. The van der Waals surface area contributed by atoms with Crippen molar-refractivity contribution in [2.75, 3.05) is 18.0 Å². The van der Waals surface area contributed by atoms with E-state index in [0.29, 0.717) is 24.9 Å². The molecule has 0 radical (unpaired) electrons. The number of hydrogen-bond donors (Lipinski definition) is 2. The quantitative estimate of drug-likeness (QED) is 0.367. The first kappa shape index (κ1) is 14.1. The van der Waals surface area contributed by atoms with Gasteiger partial charge in [0.1, 0.15) is 17.3 Å². The van der Waals surface area contributed by atoms with E-state index in [0.717, 1.165) is 37.8 Å². The van der Waals surface area contributed by atoms with Gasteiger partial charge in [-0.25, -0.2) is 8.78 Å². The number of nitrogens with two attached hydrogens (primary N) is 1. The molecule has 2 fully saturated rings. The zero-order chi connectivity index (χ0) is 15.0. The van der Waals surface area contributed by atoms with Crippen molar-refractivity contribution in [2.45, 2.75) is 25.7 Å².